The second-order valence-electron chi connectivity index (χ2n) is 4.72. The Morgan fingerprint density at radius 1 is 1.05 bits per heavy atom. The fourth-order valence-electron chi connectivity index (χ4n) is 2.13. The minimum Gasteiger partial charge on any atom is -0.459 e. The first-order chi connectivity index (χ1) is 9.13. The molecule has 3 rings (SSSR count). The highest BCUT2D eigenvalue weighted by Crippen LogP contribution is 2.28. The smallest absolute Gasteiger partial charge is 0.134 e. The molecule has 0 fully saturated rings. The van der Waals surface area contributed by atoms with E-state index in [0.29, 0.717) is 5.02 Å². The van der Waals surface area contributed by atoms with Gasteiger partial charge >= 0.3 is 0 Å². The second kappa shape index (κ2) is 4.72. The molecule has 1 heterocycles. The van der Waals surface area contributed by atoms with Crippen LogP contribution in [0.3, 0.4) is 0 Å². The van der Waals surface area contributed by atoms with Gasteiger partial charge in [0, 0.05) is 10.4 Å². The molecule has 3 heteroatoms. The van der Waals surface area contributed by atoms with E-state index in [4.69, 9.17) is 21.8 Å². The van der Waals surface area contributed by atoms with E-state index in [1.54, 1.807) is 0 Å². The Hall–Kier alpha value is -1.77. The van der Waals surface area contributed by atoms with E-state index in [9.17, 15) is 0 Å². The van der Waals surface area contributed by atoms with E-state index >= 15 is 0 Å². The van der Waals surface area contributed by atoms with Crippen molar-refractivity contribution in [2.45, 2.75) is 13.0 Å². The van der Waals surface area contributed by atoms with Gasteiger partial charge in [-0.15, -0.1) is 0 Å². The highest BCUT2D eigenvalue weighted by atomic mass is 35.5. The Kier molecular flexibility index (Phi) is 3.05. The normalized spacial score (nSPS) is 12.8. The molecule has 0 bridgehead atoms. The molecule has 0 aliphatic heterocycles. The van der Waals surface area contributed by atoms with Gasteiger partial charge in [0.1, 0.15) is 11.3 Å². The SMILES string of the molecule is Cc1ccc(C(N)c2cc3cc(Cl)ccc3o2)cc1. The fraction of sp³-hybridized carbons (Fsp3) is 0.125. The van der Waals surface area contributed by atoms with Crippen molar-refractivity contribution < 1.29 is 4.42 Å². The third kappa shape index (κ3) is 2.37. The summed E-state index contributed by atoms with van der Waals surface area (Å²) < 4.78 is 5.79. The summed E-state index contributed by atoms with van der Waals surface area (Å²) in [5.41, 5.74) is 9.30. The number of rotatable bonds is 2. The average Bonchev–Trinajstić information content (AvgIpc) is 2.81. The molecular formula is C16H14ClNO. The maximum Gasteiger partial charge on any atom is 0.134 e. The quantitative estimate of drug-likeness (QED) is 0.748. The van der Waals surface area contributed by atoms with Crippen LogP contribution in [0.25, 0.3) is 11.0 Å². The average molecular weight is 272 g/mol. The van der Waals surface area contributed by atoms with E-state index in [-0.39, 0.29) is 6.04 Å². The Morgan fingerprint density at radius 3 is 2.53 bits per heavy atom. The summed E-state index contributed by atoms with van der Waals surface area (Å²) in [4.78, 5) is 0. The van der Waals surface area contributed by atoms with Crippen LogP contribution in [0.1, 0.15) is 22.9 Å². The zero-order chi connectivity index (χ0) is 13.4. The first-order valence-electron chi connectivity index (χ1n) is 6.14. The molecular weight excluding hydrogens is 258 g/mol. The van der Waals surface area contributed by atoms with Crippen molar-refractivity contribution in [3.8, 4) is 0 Å². The molecule has 3 aromatic rings. The lowest BCUT2D eigenvalue weighted by atomic mass is 10.0. The fourth-order valence-corrected chi connectivity index (χ4v) is 2.31. The summed E-state index contributed by atoms with van der Waals surface area (Å²) in [5, 5.41) is 1.67. The summed E-state index contributed by atoms with van der Waals surface area (Å²) in [6.45, 7) is 2.05. The van der Waals surface area contributed by atoms with Crippen LogP contribution >= 0.6 is 11.6 Å². The number of aryl methyl sites for hydroxylation is 1. The van der Waals surface area contributed by atoms with Crippen molar-refractivity contribution in [1.82, 2.24) is 0 Å². The zero-order valence-corrected chi connectivity index (χ0v) is 11.3. The van der Waals surface area contributed by atoms with Crippen LogP contribution in [0.2, 0.25) is 5.02 Å². The lowest BCUT2D eigenvalue weighted by Gasteiger charge is -2.08. The first kappa shape index (κ1) is 12.3. The molecule has 2 nitrogen and oxygen atoms in total. The maximum atomic E-state index is 6.24. The van der Waals surface area contributed by atoms with Crippen LogP contribution in [-0.2, 0) is 0 Å². The number of furan rings is 1. The van der Waals surface area contributed by atoms with Crippen molar-refractivity contribution in [3.63, 3.8) is 0 Å². The predicted molar refractivity (Wildman–Crippen MR) is 78.4 cm³/mol. The number of halogens is 1. The van der Waals surface area contributed by atoms with Crippen molar-refractivity contribution >= 4 is 22.6 Å². The number of nitrogens with two attached hydrogens (primary N) is 1. The van der Waals surface area contributed by atoms with Gasteiger partial charge < -0.3 is 10.2 Å². The summed E-state index contributed by atoms with van der Waals surface area (Å²) in [6.07, 6.45) is 0. The molecule has 1 aromatic heterocycles. The minimum absolute atomic E-state index is 0.258. The number of benzene rings is 2. The zero-order valence-electron chi connectivity index (χ0n) is 10.6. The predicted octanol–water partition coefficient (Wildman–Crippen LogP) is 4.44. The van der Waals surface area contributed by atoms with Gasteiger partial charge in [0.15, 0.2) is 0 Å². The highest BCUT2D eigenvalue weighted by molar-refractivity contribution is 6.31. The van der Waals surface area contributed by atoms with Gasteiger partial charge in [-0.1, -0.05) is 41.4 Å². The Balaban J connectivity index is 2.01. The van der Waals surface area contributed by atoms with Crippen molar-refractivity contribution in [2.75, 3.05) is 0 Å². The maximum absolute atomic E-state index is 6.24. The molecule has 1 atom stereocenters. The molecule has 0 aliphatic rings. The van der Waals surface area contributed by atoms with Crippen molar-refractivity contribution in [1.29, 1.82) is 0 Å². The van der Waals surface area contributed by atoms with E-state index in [1.165, 1.54) is 5.56 Å². The van der Waals surface area contributed by atoms with Crippen LogP contribution < -0.4 is 5.73 Å². The lowest BCUT2D eigenvalue weighted by Crippen LogP contribution is -2.10. The van der Waals surface area contributed by atoms with E-state index < -0.39 is 0 Å². The van der Waals surface area contributed by atoms with Crippen LogP contribution in [-0.4, -0.2) is 0 Å². The Labute approximate surface area is 116 Å². The summed E-state index contributed by atoms with van der Waals surface area (Å²) in [5.74, 6) is 0.751. The van der Waals surface area contributed by atoms with Gasteiger partial charge in [0.05, 0.1) is 6.04 Å². The molecule has 2 N–H and O–H groups in total. The first-order valence-corrected chi connectivity index (χ1v) is 6.52. The number of hydrogen-bond donors (Lipinski definition) is 1. The highest BCUT2D eigenvalue weighted by Gasteiger charge is 2.14. The Morgan fingerprint density at radius 2 is 1.79 bits per heavy atom. The molecule has 96 valence electrons. The molecule has 0 spiro atoms. The number of fused-ring (bicyclic) bond motifs is 1. The molecule has 2 aromatic carbocycles. The monoisotopic (exact) mass is 271 g/mol. The van der Waals surface area contributed by atoms with Crippen LogP contribution in [0, 0.1) is 6.92 Å². The standard InChI is InChI=1S/C16H14ClNO/c1-10-2-4-11(5-3-10)16(18)15-9-12-8-13(17)6-7-14(12)19-15/h2-9,16H,18H2,1H3. The van der Waals surface area contributed by atoms with Gasteiger partial charge in [0.25, 0.3) is 0 Å². The van der Waals surface area contributed by atoms with Crippen LogP contribution in [0.15, 0.2) is 52.9 Å². The van der Waals surface area contributed by atoms with Crippen LogP contribution in [0.4, 0.5) is 0 Å². The van der Waals surface area contributed by atoms with E-state index in [0.717, 1.165) is 22.3 Å². The number of hydrogen-bond acceptors (Lipinski definition) is 2. The van der Waals surface area contributed by atoms with Crippen LogP contribution in [0.5, 0.6) is 0 Å². The van der Waals surface area contributed by atoms with E-state index in [1.807, 2.05) is 36.4 Å². The summed E-state index contributed by atoms with van der Waals surface area (Å²) >= 11 is 5.97. The molecule has 0 amide bonds. The minimum atomic E-state index is -0.258. The third-order valence-corrected chi connectivity index (χ3v) is 3.48. The van der Waals surface area contributed by atoms with Crippen molar-refractivity contribution in [2.24, 2.45) is 5.73 Å². The molecule has 0 saturated heterocycles. The van der Waals surface area contributed by atoms with Gasteiger partial charge in [0.2, 0.25) is 0 Å². The molecule has 0 saturated carbocycles. The molecule has 1 unspecified atom stereocenters. The lowest BCUT2D eigenvalue weighted by molar-refractivity contribution is 0.525. The van der Waals surface area contributed by atoms with E-state index in [2.05, 4.69) is 19.1 Å². The van der Waals surface area contributed by atoms with Crippen molar-refractivity contribution in [3.05, 3.63) is 70.4 Å². The molecule has 0 radical (unpaired) electrons. The van der Waals surface area contributed by atoms with Gasteiger partial charge in [-0.05, 0) is 36.8 Å². The van der Waals surface area contributed by atoms with Gasteiger partial charge in [-0.2, -0.15) is 0 Å². The molecule has 19 heavy (non-hydrogen) atoms. The van der Waals surface area contributed by atoms with Gasteiger partial charge in [-0.25, -0.2) is 0 Å². The summed E-state index contributed by atoms with van der Waals surface area (Å²) in [7, 11) is 0. The topological polar surface area (TPSA) is 39.2 Å². The third-order valence-electron chi connectivity index (χ3n) is 3.24. The Bertz CT molecular complexity index is 715. The molecule has 0 aliphatic carbocycles. The largest absolute Gasteiger partial charge is 0.459 e. The summed E-state index contributed by atoms with van der Waals surface area (Å²) in [6, 6.07) is 15.4. The second-order valence-corrected chi connectivity index (χ2v) is 5.16. The van der Waals surface area contributed by atoms with Gasteiger partial charge in [-0.3, -0.25) is 0 Å².